The molecule has 1 heterocycles. The number of anilines is 2. The van der Waals surface area contributed by atoms with Gasteiger partial charge < -0.3 is 25.4 Å². The van der Waals surface area contributed by atoms with Crippen molar-refractivity contribution in [2.45, 2.75) is 6.42 Å². The molecule has 3 rings (SSSR count). The predicted octanol–water partition coefficient (Wildman–Crippen LogP) is 2.45. The molecule has 1 atom stereocenters. The van der Waals surface area contributed by atoms with Gasteiger partial charge in [-0.3, -0.25) is 9.59 Å². The lowest BCUT2D eigenvalue weighted by Gasteiger charge is -2.17. The molecule has 8 heteroatoms. The smallest absolute Gasteiger partial charge is 0.229 e. The minimum atomic E-state index is -0.396. The number of benzene rings is 2. The molecule has 7 nitrogen and oxygen atoms in total. The first-order valence-corrected chi connectivity index (χ1v) is 8.79. The molecule has 1 fully saturated rings. The van der Waals surface area contributed by atoms with Gasteiger partial charge in [0.15, 0.2) is 0 Å². The maximum atomic E-state index is 12.5. The third-order valence-corrected chi connectivity index (χ3v) is 4.39. The molecule has 28 heavy (non-hydrogen) atoms. The number of amides is 2. The fraction of sp³-hybridized carbons (Fsp3) is 0.300. The maximum absolute atomic E-state index is 12.5. The van der Waals surface area contributed by atoms with Crippen LogP contribution in [0.1, 0.15) is 6.42 Å². The third kappa shape index (κ3) is 5.15. The van der Waals surface area contributed by atoms with Crippen LogP contribution in [0.2, 0.25) is 0 Å². The van der Waals surface area contributed by atoms with Crippen molar-refractivity contribution in [3.63, 3.8) is 0 Å². The number of methoxy groups -OCH3 is 1. The molecular formula is C20H24ClN3O4. The molecule has 0 aliphatic carbocycles. The second-order valence-electron chi connectivity index (χ2n) is 6.25. The summed E-state index contributed by atoms with van der Waals surface area (Å²) in [6.45, 7) is 1.24. The standard InChI is InChI=1S/C20H23N3O4.ClH/c1-26-17-8-4-16(5-9-17)23-13-14(12-19(23)24)20(25)22-15-2-6-18(7-3-15)27-11-10-21;/h2-9,14H,10-13,21H2,1H3,(H,22,25);1H. The summed E-state index contributed by atoms with van der Waals surface area (Å²) in [6, 6.07) is 14.3. The second kappa shape index (κ2) is 9.96. The lowest BCUT2D eigenvalue weighted by molar-refractivity contribution is -0.122. The Bertz CT molecular complexity index is 796. The molecule has 1 unspecified atom stereocenters. The highest BCUT2D eigenvalue weighted by molar-refractivity contribution is 6.03. The number of nitrogens with zero attached hydrogens (tertiary/aromatic N) is 1. The molecular weight excluding hydrogens is 382 g/mol. The second-order valence-corrected chi connectivity index (χ2v) is 6.25. The monoisotopic (exact) mass is 405 g/mol. The fourth-order valence-corrected chi connectivity index (χ4v) is 2.95. The van der Waals surface area contributed by atoms with Gasteiger partial charge in [-0.25, -0.2) is 0 Å². The van der Waals surface area contributed by atoms with E-state index in [4.69, 9.17) is 15.2 Å². The Morgan fingerprint density at radius 1 is 1.14 bits per heavy atom. The highest BCUT2D eigenvalue weighted by Crippen LogP contribution is 2.27. The van der Waals surface area contributed by atoms with Crippen LogP contribution in [0.4, 0.5) is 11.4 Å². The quantitative estimate of drug-likeness (QED) is 0.737. The van der Waals surface area contributed by atoms with Crippen molar-refractivity contribution < 1.29 is 19.1 Å². The van der Waals surface area contributed by atoms with Crippen LogP contribution in [-0.4, -0.2) is 38.6 Å². The van der Waals surface area contributed by atoms with E-state index in [-0.39, 0.29) is 30.6 Å². The number of ether oxygens (including phenoxy) is 2. The predicted molar refractivity (Wildman–Crippen MR) is 110 cm³/mol. The summed E-state index contributed by atoms with van der Waals surface area (Å²) < 4.78 is 10.5. The molecule has 150 valence electrons. The number of carbonyl (C=O) groups is 2. The SMILES string of the molecule is COc1ccc(N2CC(C(=O)Nc3ccc(OCCN)cc3)CC2=O)cc1.Cl. The van der Waals surface area contributed by atoms with E-state index in [1.807, 2.05) is 12.1 Å². The van der Waals surface area contributed by atoms with Gasteiger partial charge in [-0.1, -0.05) is 0 Å². The van der Waals surface area contributed by atoms with Crippen LogP contribution in [0.3, 0.4) is 0 Å². The minimum absolute atomic E-state index is 0. The number of halogens is 1. The number of hydrogen-bond acceptors (Lipinski definition) is 5. The lowest BCUT2D eigenvalue weighted by atomic mass is 10.1. The summed E-state index contributed by atoms with van der Waals surface area (Å²) in [5.74, 6) is 0.785. The zero-order chi connectivity index (χ0) is 19.2. The van der Waals surface area contributed by atoms with Crippen LogP contribution >= 0.6 is 12.4 Å². The molecule has 2 aromatic carbocycles. The van der Waals surface area contributed by atoms with Gasteiger partial charge in [0.1, 0.15) is 18.1 Å². The molecule has 1 saturated heterocycles. The van der Waals surface area contributed by atoms with Gasteiger partial charge in [0.05, 0.1) is 13.0 Å². The highest BCUT2D eigenvalue weighted by atomic mass is 35.5. The van der Waals surface area contributed by atoms with E-state index >= 15 is 0 Å². The van der Waals surface area contributed by atoms with E-state index in [1.165, 1.54) is 0 Å². The zero-order valence-corrected chi connectivity index (χ0v) is 16.4. The number of nitrogens with one attached hydrogen (secondary N) is 1. The highest BCUT2D eigenvalue weighted by Gasteiger charge is 2.35. The van der Waals surface area contributed by atoms with E-state index in [0.717, 1.165) is 11.4 Å². The van der Waals surface area contributed by atoms with Crippen LogP contribution in [0, 0.1) is 5.92 Å². The maximum Gasteiger partial charge on any atom is 0.229 e. The molecule has 0 spiro atoms. The van der Waals surface area contributed by atoms with Gasteiger partial charge in [0.25, 0.3) is 0 Å². The topological polar surface area (TPSA) is 93.9 Å². The normalized spacial score (nSPS) is 15.7. The Labute approximate surface area is 170 Å². The average Bonchev–Trinajstić information content (AvgIpc) is 3.09. The first-order valence-electron chi connectivity index (χ1n) is 8.79. The Balaban J connectivity index is 0.00000280. The van der Waals surface area contributed by atoms with Crippen molar-refractivity contribution in [2.75, 3.05) is 37.0 Å². The van der Waals surface area contributed by atoms with Crippen LogP contribution in [-0.2, 0) is 9.59 Å². The minimum Gasteiger partial charge on any atom is -0.497 e. The van der Waals surface area contributed by atoms with Gasteiger partial charge in [-0.2, -0.15) is 0 Å². The molecule has 2 aromatic rings. The van der Waals surface area contributed by atoms with E-state index in [1.54, 1.807) is 48.4 Å². The summed E-state index contributed by atoms with van der Waals surface area (Å²) in [7, 11) is 1.59. The van der Waals surface area contributed by atoms with Crippen molar-refractivity contribution in [2.24, 2.45) is 11.7 Å². The van der Waals surface area contributed by atoms with Crippen molar-refractivity contribution in [3.05, 3.63) is 48.5 Å². The van der Waals surface area contributed by atoms with Gasteiger partial charge in [-0.05, 0) is 48.5 Å². The lowest BCUT2D eigenvalue weighted by Crippen LogP contribution is -2.28. The Morgan fingerprint density at radius 3 is 2.39 bits per heavy atom. The number of hydrogen-bond donors (Lipinski definition) is 2. The summed E-state index contributed by atoms with van der Waals surface area (Å²) in [5.41, 5.74) is 6.83. The van der Waals surface area contributed by atoms with Gasteiger partial charge in [-0.15, -0.1) is 12.4 Å². The number of nitrogens with two attached hydrogens (primary N) is 1. The summed E-state index contributed by atoms with van der Waals surface area (Å²) in [4.78, 5) is 26.5. The fourth-order valence-electron chi connectivity index (χ4n) is 2.95. The molecule has 0 aromatic heterocycles. The number of carbonyl (C=O) groups excluding carboxylic acids is 2. The summed E-state index contributed by atoms with van der Waals surface area (Å²) in [6.07, 6.45) is 0.190. The van der Waals surface area contributed by atoms with Crippen LogP contribution < -0.4 is 25.4 Å². The van der Waals surface area contributed by atoms with Crippen LogP contribution in [0.5, 0.6) is 11.5 Å². The number of rotatable bonds is 7. The molecule has 1 aliphatic rings. The van der Waals surface area contributed by atoms with Crippen molar-refractivity contribution in [3.8, 4) is 11.5 Å². The molecule has 1 aliphatic heterocycles. The first-order chi connectivity index (χ1) is 13.1. The molecule has 0 saturated carbocycles. The Hall–Kier alpha value is -2.77. The van der Waals surface area contributed by atoms with Crippen molar-refractivity contribution in [1.29, 1.82) is 0 Å². The molecule has 3 N–H and O–H groups in total. The van der Waals surface area contributed by atoms with E-state index in [0.29, 0.717) is 31.1 Å². The van der Waals surface area contributed by atoms with E-state index in [9.17, 15) is 9.59 Å². The third-order valence-electron chi connectivity index (χ3n) is 4.39. The van der Waals surface area contributed by atoms with Crippen molar-refractivity contribution >= 4 is 35.6 Å². The van der Waals surface area contributed by atoms with Gasteiger partial charge >= 0.3 is 0 Å². The summed E-state index contributed by atoms with van der Waals surface area (Å²) >= 11 is 0. The van der Waals surface area contributed by atoms with Crippen LogP contribution in [0.25, 0.3) is 0 Å². The largest absolute Gasteiger partial charge is 0.497 e. The zero-order valence-electron chi connectivity index (χ0n) is 15.6. The van der Waals surface area contributed by atoms with Gasteiger partial charge in [0.2, 0.25) is 11.8 Å². The Kier molecular flexibility index (Phi) is 7.66. The van der Waals surface area contributed by atoms with Crippen molar-refractivity contribution in [1.82, 2.24) is 0 Å². The average molecular weight is 406 g/mol. The molecule has 0 bridgehead atoms. The van der Waals surface area contributed by atoms with Crippen LogP contribution in [0.15, 0.2) is 48.5 Å². The summed E-state index contributed by atoms with van der Waals surface area (Å²) in [5, 5.41) is 2.86. The first kappa shape index (κ1) is 21.5. The molecule has 2 amide bonds. The van der Waals surface area contributed by atoms with E-state index in [2.05, 4.69) is 5.32 Å². The van der Waals surface area contributed by atoms with E-state index < -0.39 is 5.92 Å². The molecule has 0 radical (unpaired) electrons. The van der Waals surface area contributed by atoms with Gasteiger partial charge in [0, 0.05) is 30.9 Å². The Morgan fingerprint density at radius 2 is 1.79 bits per heavy atom.